The molecule has 1 saturated heterocycles. The number of para-hydroxylation sites is 1. The summed E-state index contributed by atoms with van der Waals surface area (Å²) in [5, 5.41) is 6.99. The van der Waals surface area contributed by atoms with Gasteiger partial charge in [-0.1, -0.05) is 24.3 Å². The first kappa shape index (κ1) is 18.9. The number of nitrogens with zero attached hydrogens (tertiary/aromatic N) is 2. The summed E-state index contributed by atoms with van der Waals surface area (Å²) in [6.45, 7) is 1.27. The van der Waals surface area contributed by atoms with Crippen molar-refractivity contribution in [3.63, 3.8) is 0 Å². The number of hydrogen-bond acceptors (Lipinski definition) is 5. The molecule has 0 radical (unpaired) electrons. The van der Waals surface area contributed by atoms with Crippen molar-refractivity contribution in [2.24, 2.45) is 0 Å². The summed E-state index contributed by atoms with van der Waals surface area (Å²) in [5.41, 5.74) is 1.01. The highest BCUT2D eigenvalue weighted by Gasteiger charge is 2.16. The second-order valence-electron chi connectivity index (χ2n) is 6.73. The van der Waals surface area contributed by atoms with E-state index < -0.39 is 5.91 Å². The minimum atomic E-state index is -0.411. The molecule has 1 fully saturated rings. The van der Waals surface area contributed by atoms with Crippen molar-refractivity contribution in [3.8, 4) is 11.4 Å². The molecule has 7 nitrogen and oxygen atoms in total. The van der Waals surface area contributed by atoms with Crippen molar-refractivity contribution in [3.05, 3.63) is 82.8 Å². The van der Waals surface area contributed by atoms with Gasteiger partial charge in [-0.3, -0.25) is 9.59 Å². The van der Waals surface area contributed by atoms with Crippen molar-refractivity contribution in [2.75, 3.05) is 18.5 Å². The van der Waals surface area contributed by atoms with Gasteiger partial charge in [0.2, 0.25) is 0 Å². The standard InChI is InChI=1S/C22H21N3O4/c26-21-12-11-20(24-25(21)17-7-2-1-3-8-17)22(27)23-16-6-4-9-18(14-16)29-15-19-10-5-13-28-19/h1-4,6-9,11-12,14,19H,5,10,13,15H2,(H,23,27). The molecule has 1 aromatic heterocycles. The maximum atomic E-state index is 12.6. The predicted molar refractivity (Wildman–Crippen MR) is 109 cm³/mol. The number of carbonyl (C=O) groups is 1. The van der Waals surface area contributed by atoms with Crippen LogP contribution in [0.4, 0.5) is 5.69 Å². The number of amides is 1. The number of ether oxygens (including phenoxy) is 2. The zero-order chi connectivity index (χ0) is 20.1. The quantitative estimate of drug-likeness (QED) is 0.698. The third-order valence-electron chi connectivity index (χ3n) is 4.59. The van der Waals surface area contributed by atoms with Gasteiger partial charge in [0.25, 0.3) is 11.5 Å². The summed E-state index contributed by atoms with van der Waals surface area (Å²) in [6, 6.07) is 18.9. The Morgan fingerprint density at radius 2 is 2.00 bits per heavy atom. The van der Waals surface area contributed by atoms with Crippen LogP contribution in [0.3, 0.4) is 0 Å². The van der Waals surface area contributed by atoms with Crippen LogP contribution in [0.15, 0.2) is 71.5 Å². The molecule has 0 bridgehead atoms. The monoisotopic (exact) mass is 391 g/mol. The summed E-state index contributed by atoms with van der Waals surface area (Å²) in [6.07, 6.45) is 2.18. The highest BCUT2D eigenvalue weighted by Crippen LogP contribution is 2.20. The molecular formula is C22H21N3O4. The largest absolute Gasteiger partial charge is 0.491 e. The van der Waals surface area contributed by atoms with Crippen molar-refractivity contribution >= 4 is 11.6 Å². The Kier molecular flexibility index (Phi) is 5.67. The summed E-state index contributed by atoms with van der Waals surface area (Å²) >= 11 is 0. The first-order valence-electron chi connectivity index (χ1n) is 9.51. The van der Waals surface area contributed by atoms with E-state index in [1.807, 2.05) is 12.1 Å². The third-order valence-corrected chi connectivity index (χ3v) is 4.59. The number of hydrogen-bond donors (Lipinski definition) is 1. The minimum absolute atomic E-state index is 0.122. The van der Waals surface area contributed by atoms with Gasteiger partial charge in [0, 0.05) is 24.4 Å². The zero-order valence-electron chi connectivity index (χ0n) is 15.8. The molecule has 1 aliphatic heterocycles. The smallest absolute Gasteiger partial charge is 0.276 e. The lowest BCUT2D eigenvalue weighted by molar-refractivity contribution is 0.0680. The molecule has 1 atom stereocenters. The fourth-order valence-electron chi connectivity index (χ4n) is 3.11. The number of carbonyl (C=O) groups excluding carboxylic acids is 1. The van der Waals surface area contributed by atoms with Crippen molar-refractivity contribution in [1.82, 2.24) is 9.78 Å². The Morgan fingerprint density at radius 1 is 1.14 bits per heavy atom. The Hall–Kier alpha value is -3.45. The molecular weight excluding hydrogens is 370 g/mol. The fourth-order valence-corrected chi connectivity index (χ4v) is 3.11. The summed E-state index contributed by atoms with van der Waals surface area (Å²) < 4.78 is 12.5. The molecule has 0 saturated carbocycles. The zero-order valence-corrected chi connectivity index (χ0v) is 15.8. The molecule has 1 aliphatic rings. The van der Waals surface area contributed by atoms with Gasteiger partial charge >= 0.3 is 0 Å². The van der Waals surface area contributed by atoms with Gasteiger partial charge in [0.1, 0.15) is 18.1 Å². The molecule has 2 aromatic carbocycles. The number of aromatic nitrogens is 2. The highest BCUT2D eigenvalue weighted by atomic mass is 16.5. The van der Waals surface area contributed by atoms with E-state index in [2.05, 4.69) is 10.4 Å². The van der Waals surface area contributed by atoms with Gasteiger partial charge in [0.15, 0.2) is 0 Å². The van der Waals surface area contributed by atoms with Crippen LogP contribution in [0, 0.1) is 0 Å². The Labute approximate surface area is 167 Å². The molecule has 148 valence electrons. The van der Waals surface area contributed by atoms with E-state index in [0.29, 0.717) is 23.7 Å². The highest BCUT2D eigenvalue weighted by molar-refractivity contribution is 6.02. The lowest BCUT2D eigenvalue weighted by Gasteiger charge is -2.12. The average molecular weight is 391 g/mol. The van der Waals surface area contributed by atoms with Crippen LogP contribution in [0.5, 0.6) is 5.75 Å². The van der Waals surface area contributed by atoms with Crippen LogP contribution >= 0.6 is 0 Å². The van der Waals surface area contributed by atoms with E-state index in [4.69, 9.17) is 9.47 Å². The molecule has 4 rings (SSSR count). The van der Waals surface area contributed by atoms with Gasteiger partial charge in [-0.15, -0.1) is 0 Å². The fraction of sp³-hybridized carbons (Fsp3) is 0.227. The van der Waals surface area contributed by atoms with Gasteiger partial charge in [0.05, 0.1) is 11.8 Å². The van der Waals surface area contributed by atoms with Crippen LogP contribution in [-0.2, 0) is 4.74 Å². The summed E-state index contributed by atoms with van der Waals surface area (Å²) in [5.74, 6) is 0.242. The maximum absolute atomic E-state index is 12.6. The van der Waals surface area contributed by atoms with E-state index in [0.717, 1.165) is 19.4 Å². The number of benzene rings is 2. The van der Waals surface area contributed by atoms with E-state index in [9.17, 15) is 9.59 Å². The van der Waals surface area contributed by atoms with Gasteiger partial charge < -0.3 is 14.8 Å². The SMILES string of the molecule is O=C(Nc1cccc(OCC2CCCO2)c1)c1ccc(=O)n(-c2ccccc2)n1. The third kappa shape index (κ3) is 4.70. The topological polar surface area (TPSA) is 82.5 Å². The van der Waals surface area contributed by atoms with E-state index in [1.165, 1.54) is 16.8 Å². The maximum Gasteiger partial charge on any atom is 0.276 e. The Balaban J connectivity index is 1.47. The van der Waals surface area contributed by atoms with Crippen molar-refractivity contribution < 1.29 is 14.3 Å². The lowest BCUT2D eigenvalue weighted by Crippen LogP contribution is -2.24. The van der Waals surface area contributed by atoms with Crippen LogP contribution in [-0.4, -0.2) is 35.0 Å². The molecule has 1 N–H and O–H groups in total. The second-order valence-corrected chi connectivity index (χ2v) is 6.73. The van der Waals surface area contributed by atoms with Crippen molar-refractivity contribution in [2.45, 2.75) is 18.9 Å². The van der Waals surface area contributed by atoms with Crippen LogP contribution in [0.1, 0.15) is 23.3 Å². The molecule has 7 heteroatoms. The van der Waals surface area contributed by atoms with Gasteiger partial charge in [-0.2, -0.15) is 9.78 Å². The normalized spacial score (nSPS) is 15.8. The molecule has 2 heterocycles. The van der Waals surface area contributed by atoms with E-state index >= 15 is 0 Å². The van der Waals surface area contributed by atoms with Gasteiger partial charge in [-0.25, -0.2) is 0 Å². The number of nitrogens with one attached hydrogen (secondary N) is 1. The first-order chi connectivity index (χ1) is 14.2. The van der Waals surface area contributed by atoms with Crippen LogP contribution < -0.4 is 15.6 Å². The van der Waals surface area contributed by atoms with Crippen LogP contribution in [0.25, 0.3) is 5.69 Å². The molecule has 3 aromatic rings. The number of anilines is 1. The average Bonchev–Trinajstić information content (AvgIpc) is 3.27. The van der Waals surface area contributed by atoms with Gasteiger partial charge in [-0.05, 0) is 43.2 Å². The van der Waals surface area contributed by atoms with E-state index in [-0.39, 0.29) is 17.4 Å². The molecule has 29 heavy (non-hydrogen) atoms. The Bertz CT molecular complexity index is 1040. The second kappa shape index (κ2) is 8.70. The van der Waals surface area contributed by atoms with E-state index in [1.54, 1.807) is 42.5 Å². The Morgan fingerprint density at radius 3 is 2.79 bits per heavy atom. The molecule has 0 aliphatic carbocycles. The number of rotatable bonds is 6. The minimum Gasteiger partial charge on any atom is -0.491 e. The van der Waals surface area contributed by atoms with Crippen molar-refractivity contribution in [1.29, 1.82) is 0 Å². The summed E-state index contributed by atoms with van der Waals surface area (Å²) in [7, 11) is 0. The first-order valence-corrected chi connectivity index (χ1v) is 9.51. The molecule has 1 unspecified atom stereocenters. The molecule has 1 amide bonds. The summed E-state index contributed by atoms with van der Waals surface area (Å²) in [4.78, 5) is 24.8. The predicted octanol–water partition coefficient (Wildman–Crippen LogP) is 3.04. The molecule has 0 spiro atoms. The van der Waals surface area contributed by atoms with Crippen LogP contribution in [0.2, 0.25) is 0 Å². The lowest BCUT2D eigenvalue weighted by atomic mass is 10.2.